The van der Waals surface area contributed by atoms with Gasteiger partial charge in [0.1, 0.15) is 5.76 Å². The van der Waals surface area contributed by atoms with E-state index in [1.165, 1.54) is 5.56 Å². The van der Waals surface area contributed by atoms with Gasteiger partial charge in [-0.3, -0.25) is 4.79 Å². The van der Waals surface area contributed by atoms with Crippen LogP contribution in [0.1, 0.15) is 47.6 Å². The van der Waals surface area contributed by atoms with Crippen LogP contribution in [-0.4, -0.2) is 29.7 Å². The Morgan fingerprint density at radius 2 is 1.81 bits per heavy atom. The Morgan fingerprint density at radius 1 is 1.06 bits per heavy atom. The molecule has 0 amide bonds. The average molecular weight is 414 g/mol. The fourth-order valence-corrected chi connectivity index (χ4v) is 4.70. The number of anilines is 1. The van der Waals surface area contributed by atoms with E-state index in [1.807, 2.05) is 43.9 Å². The number of fused-ring (bicyclic) bond motifs is 1. The Hall–Kier alpha value is -3.34. The summed E-state index contributed by atoms with van der Waals surface area (Å²) in [6, 6.07) is 18.8. The third kappa shape index (κ3) is 3.44. The van der Waals surface area contributed by atoms with Crippen molar-refractivity contribution in [2.24, 2.45) is 0 Å². The van der Waals surface area contributed by atoms with Crippen LogP contribution < -0.4 is 9.64 Å². The number of carbonyl (C=O) groups is 1. The second-order valence-corrected chi connectivity index (χ2v) is 8.58. The van der Waals surface area contributed by atoms with Gasteiger partial charge in [-0.15, -0.1) is 0 Å². The van der Waals surface area contributed by atoms with Crippen molar-refractivity contribution in [3.63, 3.8) is 0 Å². The highest BCUT2D eigenvalue weighted by Gasteiger charge is 2.40. The van der Waals surface area contributed by atoms with Gasteiger partial charge < -0.3 is 9.64 Å². The normalized spacial score (nSPS) is 17.8. The van der Waals surface area contributed by atoms with Crippen LogP contribution in [0.5, 0.6) is 5.88 Å². The van der Waals surface area contributed by atoms with E-state index in [-0.39, 0.29) is 11.7 Å². The number of allylic oxidation sites excluding steroid dienone is 2. The molecule has 2 aliphatic rings. The first-order valence-corrected chi connectivity index (χ1v) is 10.9. The molecule has 0 N–H and O–H groups in total. The van der Waals surface area contributed by atoms with Crippen LogP contribution in [0.15, 0.2) is 65.9 Å². The number of Topliss-reactive ketones (excluding diaryl/α,β-unsaturated/α-hetero) is 1. The molecule has 5 nitrogen and oxygen atoms in total. The van der Waals surface area contributed by atoms with Gasteiger partial charge in [-0.05, 0) is 36.6 Å². The second kappa shape index (κ2) is 7.73. The number of aryl methyl sites for hydroxylation is 1. The highest BCUT2D eigenvalue weighted by molar-refractivity contribution is 5.99. The molecule has 2 heterocycles. The molecule has 5 rings (SSSR count). The summed E-state index contributed by atoms with van der Waals surface area (Å²) >= 11 is 0. The minimum absolute atomic E-state index is 0.132. The van der Waals surface area contributed by atoms with Crippen LogP contribution in [0.4, 0.5) is 5.69 Å². The summed E-state index contributed by atoms with van der Waals surface area (Å²) in [7, 11) is 4.06. The molecule has 158 valence electrons. The molecular weight excluding hydrogens is 386 g/mol. The summed E-state index contributed by atoms with van der Waals surface area (Å²) in [4.78, 5) is 15.1. The first kappa shape index (κ1) is 19.6. The Balaban J connectivity index is 1.64. The predicted octanol–water partition coefficient (Wildman–Crippen LogP) is 4.84. The van der Waals surface area contributed by atoms with Crippen molar-refractivity contribution >= 4 is 11.5 Å². The lowest BCUT2D eigenvalue weighted by Gasteiger charge is -2.31. The first-order valence-electron chi connectivity index (χ1n) is 10.9. The van der Waals surface area contributed by atoms with Crippen molar-refractivity contribution in [1.29, 1.82) is 0 Å². The largest absolute Gasteiger partial charge is 0.443 e. The average Bonchev–Trinajstić information content (AvgIpc) is 3.08. The van der Waals surface area contributed by atoms with E-state index in [0.29, 0.717) is 13.0 Å². The lowest BCUT2D eigenvalue weighted by atomic mass is 9.77. The highest BCUT2D eigenvalue weighted by atomic mass is 16.5. The summed E-state index contributed by atoms with van der Waals surface area (Å²) in [5.74, 6) is 1.66. The Kier molecular flexibility index (Phi) is 4.89. The molecule has 1 aromatic heterocycles. The molecule has 0 bridgehead atoms. The van der Waals surface area contributed by atoms with Crippen molar-refractivity contribution in [2.45, 2.75) is 38.6 Å². The van der Waals surface area contributed by atoms with E-state index in [1.54, 1.807) is 0 Å². The van der Waals surface area contributed by atoms with Gasteiger partial charge in [-0.2, -0.15) is 5.10 Å². The standard InChI is InChI=1S/C26H27N3O2/c1-17-23-24(19-12-14-20(15-13-19)28(2)3)25-21(30)10-7-11-22(25)31-26(23)29(27-17)16-18-8-5-4-6-9-18/h4-6,8-9,12-15,24H,7,10-11,16H2,1-3H3/t24-/m0/s1. The fraction of sp³-hybridized carbons (Fsp3) is 0.308. The molecule has 2 aromatic carbocycles. The summed E-state index contributed by atoms with van der Waals surface area (Å²) in [6.45, 7) is 2.66. The summed E-state index contributed by atoms with van der Waals surface area (Å²) < 4.78 is 8.34. The van der Waals surface area contributed by atoms with Crippen molar-refractivity contribution in [1.82, 2.24) is 9.78 Å². The molecule has 0 spiro atoms. The molecule has 3 aromatic rings. The number of ketones is 1. The Morgan fingerprint density at radius 3 is 2.52 bits per heavy atom. The predicted molar refractivity (Wildman–Crippen MR) is 122 cm³/mol. The van der Waals surface area contributed by atoms with Crippen LogP contribution in [0.2, 0.25) is 0 Å². The van der Waals surface area contributed by atoms with Crippen molar-refractivity contribution in [3.8, 4) is 5.88 Å². The minimum atomic E-state index is -0.132. The summed E-state index contributed by atoms with van der Waals surface area (Å²) in [5, 5.41) is 4.84. The van der Waals surface area contributed by atoms with Gasteiger partial charge in [0.2, 0.25) is 5.88 Å². The number of rotatable bonds is 4. The van der Waals surface area contributed by atoms with E-state index in [9.17, 15) is 4.79 Å². The van der Waals surface area contributed by atoms with Gasteiger partial charge in [0.05, 0.1) is 12.2 Å². The maximum Gasteiger partial charge on any atom is 0.222 e. The number of aromatic nitrogens is 2. The third-order valence-electron chi connectivity index (χ3n) is 6.25. The number of nitrogens with zero attached hydrogens (tertiary/aromatic N) is 3. The van der Waals surface area contributed by atoms with E-state index >= 15 is 0 Å². The van der Waals surface area contributed by atoms with Gasteiger partial charge in [-0.25, -0.2) is 4.68 Å². The maximum absolute atomic E-state index is 13.0. The highest BCUT2D eigenvalue weighted by Crippen LogP contribution is 2.48. The zero-order valence-electron chi connectivity index (χ0n) is 18.3. The monoisotopic (exact) mass is 413 g/mol. The maximum atomic E-state index is 13.0. The van der Waals surface area contributed by atoms with Crippen LogP contribution in [0.25, 0.3) is 0 Å². The molecule has 1 aliphatic heterocycles. The number of ether oxygens (including phenoxy) is 1. The topological polar surface area (TPSA) is 47.4 Å². The molecule has 0 unspecified atom stereocenters. The van der Waals surface area contributed by atoms with Crippen molar-refractivity contribution < 1.29 is 9.53 Å². The van der Waals surface area contributed by atoms with Crippen LogP contribution >= 0.6 is 0 Å². The molecule has 1 aliphatic carbocycles. The molecule has 0 saturated carbocycles. The van der Waals surface area contributed by atoms with Crippen molar-refractivity contribution in [3.05, 3.63) is 88.3 Å². The van der Waals surface area contributed by atoms with E-state index < -0.39 is 0 Å². The van der Waals surface area contributed by atoms with Gasteiger partial charge in [0.15, 0.2) is 5.78 Å². The Bertz CT molecular complexity index is 1160. The van der Waals surface area contributed by atoms with E-state index in [4.69, 9.17) is 9.84 Å². The molecule has 1 atom stereocenters. The molecule has 0 fully saturated rings. The number of hydrogen-bond acceptors (Lipinski definition) is 4. The zero-order valence-corrected chi connectivity index (χ0v) is 18.3. The zero-order chi connectivity index (χ0) is 21.5. The first-order chi connectivity index (χ1) is 15.0. The molecule has 5 heteroatoms. The summed E-state index contributed by atoms with van der Waals surface area (Å²) in [6.07, 6.45) is 2.22. The van der Waals surface area contributed by atoms with Gasteiger partial charge in [0.25, 0.3) is 0 Å². The smallest absolute Gasteiger partial charge is 0.222 e. The van der Waals surface area contributed by atoms with Crippen molar-refractivity contribution in [2.75, 3.05) is 19.0 Å². The second-order valence-electron chi connectivity index (χ2n) is 8.58. The van der Waals surface area contributed by atoms with Crippen LogP contribution in [0, 0.1) is 6.92 Å². The fourth-order valence-electron chi connectivity index (χ4n) is 4.70. The lowest BCUT2D eigenvalue weighted by molar-refractivity contribution is -0.116. The quantitative estimate of drug-likeness (QED) is 0.614. The Labute approximate surface area is 183 Å². The molecule has 0 radical (unpaired) electrons. The number of carbonyl (C=O) groups excluding carboxylic acids is 1. The number of hydrogen-bond donors (Lipinski definition) is 0. The van der Waals surface area contributed by atoms with Gasteiger partial charge >= 0.3 is 0 Å². The van der Waals surface area contributed by atoms with Crippen LogP contribution in [0.3, 0.4) is 0 Å². The molecule has 0 saturated heterocycles. The molecular formula is C26H27N3O2. The van der Waals surface area contributed by atoms with Gasteiger partial charge in [-0.1, -0.05) is 42.5 Å². The van der Waals surface area contributed by atoms with E-state index in [0.717, 1.165) is 52.6 Å². The lowest BCUT2D eigenvalue weighted by Crippen LogP contribution is -2.26. The minimum Gasteiger partial charge on any atom is -0.443 e. The summed E-state index contributed by atoms with van der Waals surface area (Å²) in [5.41, 5.74) is 6.17. The SMILES string of the molecule is Cc1nn(Cc2ccccc2)c2c1[C@H](c1ccc(N(C)C)cc1)C1=C(CCCC1=O)O2. The molecule has 31 heavy (non-hydrogen) atoms. The van der Waals surface area contributed by atoms with Crippen LogP contribution in [-0.2, 0) is 11.3 Å². The van der Waals surface area contributed by atoms with Gasteiger partial charge in [0, 0.05) is 49.7 Å². The number of benzene rings is 2. The third-order valence-corrected chi connectivity index (χ3v) is 6.25. The van der Waals surface area contributed by atoms with E-state index in [2.05, 4.69) is 41.3 Å².